The molecule has 1 unspecified atom stereocenters. The van der Waals surface area contributed by atoms with Gasteiger partial charge in [0.15, 0.2) is 0 Å². The first kappa shape index (κ1) is 11.0. The summed E-state index contributed by atoms with van der Waals surface area (Å²) in [5, 5.41) is 13.0. The first-order valence-electron chi connectivity index (χ1n) is 4.87. The summed E-state index contributed by atoms with van der Waals surface area (Å²) in [6, 6.07) is 7.76. The van der Waals surface area contributed by atoms with Crippen LogP contribution in [0.15, 0.2) is 24.3 Å². The third kappa shape index (κ3) is 3.01. The predicted octanol–water partition coefficient (Wildman–Crippen LogP) is 1.30. The van der Waals surface area contributed by atoms with Gasteiger partial charge in [0.25, 0.3) is 0 Å². The fourth-order valence-electron chi connectivity index (χ4n) is 1.27. The van der Waals surface area contributed by atoms with Gasteiger partial charge in [0, 0.05) is 23.8 Å². The molecule has 0 aromatic heterocycles. The number of aliphatic hydroxyl groups is 1. The van der Waals surface area contributed by atoms with Gasteiger partial charge < -0.3 is 16.2 Å². The van der Waals surface area contributed by atoms with Gasteiger partial charge in [-0.15, -0.1) is 0 Å². The van der Waals surface area contributed by atoms with E-state index in [9.17, 15) is 5.11 Å². The van der Waals surface area contributed by atoms with E-state index >= 15 is 0 Å². The largest absolute Gasteiger partial charge is 0.398 e. The number of anilines is 1. The smallest absolute Gasteiger partial charge is 0.0934 e. The molecule has 0 radical (unpaired) electrons. The quantitative estimate of drug-likeness (QED) is 0.633. The topological polar surface area (TPSA) is 58.3 Å². The van der Waals surface area contributed by atoms with Crippen LogP contribution < -0.4 is 11.1 Å². The van der Waals surface area contributed by atoms with Gasteiger partial charge in [-0.3, -0.25) is 0 Å². The number of nitrogen functional groups attached to an aromatic ring is 1. The van der Waals surface area contributed by atoms with Crippen LogP contribution in [0.2, 0.25) is 0 Å². The fraction of sp³-hybridized carbons (Fsp3) is 0.455. The molecule has 0 amide bonds. The molecule has 1 aromatic carbocycles. The summed E-state index contributed by atoms with van der Waals surface area (Å²) >= 11 is 0. The molecular formula is C11H18N2O. The number of aliphatic hydroxyl groups excluding tert-OH is 1. The molecule has 1 atom stereocenters. The highest BCUT2D eigenvalue weighted by molar-refractivity contribution is 5.47. The molecule has 0 aliphatic rings. The Bertz CT molecular complexity index is 286. The van der Waals surface area contributed by atoms with E-state index in [1.807, 2.05) is 32.0 Å². The number of hydrogen-bond acceptors (Lipinski definition) is 3. The Morgan fingerprint density at radius 3 is 2.57 bits per heavy atom. The van der Waals surface area contributed by atoms with Gasteiger partial charge in [0.1, 0.15) is 0 Å². The summed E-state index contributed by atoms with van der Waals surface area (Å²) in [6.45, 7) is 4.62. The maximum absolute atomic E-state index is 9.81. The van der Waals surface area contributed by atoms with E-state index in [0.29, 0.717) is 18.3 Å². The van der Waals surface area contributed by atoms with Crippen LogP contribution in [0.3, 0.4) is 0 Å². The van der Waals surface area contributed by atoms with Crippen molar-refractivity contribution >= 4 is 5.69 Å². The number of nitrogens with two attached hydrogens (primary N) is 1. The van der Waals surface area contributed by atoms with Gasteiger partial charge in [-0.05, 0) is 6.07 Å². The van der Waals surface area contributed by atoms with Crippen molar-refractivity contribution in [1.82, 2.24) is 5.32 Å². The van der Waals surface area contributed by atoms with Gasteiger partial charge in [-0.2, -0.15) is 0 Å². The molecule has 78 valence electrons. The van der Waals surface area contributed by atoms with Crippen molar-refractivity contribution in [3.8, 4) is 0 Å². The van der Waals surface area contributed by atoms with Crippen molar-refractivity contribution in [2.75, 3.05) is 12.3 Å². The summed E-state index contributed by atoms with van der Waals surface area (Å²) in [6.07, 6.45) is -0.529. The van der Waals surface area contributed by atoms with E-state index in [0.717, 1.165) is 5.56 Å². The van der Waals surface area contributed by atoms with Gasteiger partial charge in [-0.25, -0.2) is 0 Å². The lowest BCUT2D eigenvalue weighted by Gasteiger charge is -2.15. The maximum Gasteiger partial charge on any atom is 0.0934 e. The Kier molecular flexibility index (Phi) is 3.92. The van der Waals surface area contributed by atoms with Crippen molar-refractivity contribution in [2.45, 2.75) is 26.0 Å². The van der Waals surface area contributed by atoms with Crippen molar-refractivity contribution in [3.05, 3.63) is 29.8 Å². The van der Waals surface area contributed by atoms with Gasteiger partial charge >= 0.3 is 0 Å². The standard InChI is InChI=1S/C11H18N2O/c1-8(2)13-7-11(14)9-5-3-4-6-10(9)12/h3-6,8,11,13-14H,7,12H2,1-2H3. The average molecular weight is 194 g/mol. The number of rotatable bonds is 4. The zero-order chi connectivity index (χ0) is 10.6. The van der Waals surface area contributed by atoms with Crippen LogP contribution >= 0.6 is 0 Å². The van der Waals surface area contributed by atoms with E-state index in [1.165, 1.54) is 0 Å². The Balaban J connectivity index is 2.60. The Labute approximate surface area is 84.9 Å². The van der Waals surface area contributed by atoms with Crippen molar-refractivity contribution in [3.63, 3.8) is 0 Å². The highest BCUT2D eigenvalue weighted by Gasteiger charge is 2.09. The Morgan fingerprint density at radius 1 is 1.36 bits per heavy atom. The SMILES string of the molecule is CC(C)NCC(O)c1ccccc1N. The first-order valence-corrected chi connectivity index (χ1v) is 4.87. The van der Waals surface area contributed by atoms with Gasteiger partial charge in [0.2, 0.25) is 0 Å². The summed E-state index contributed by atoms with van der Waals surface area (Å²) in [5.41, 5.74) is 7.18. The van der Waals surface area contributed by atoms with Crippen molar-refractivity contribution in [2.24, 2.45) is 0 Å². The van der Waals surface area contributed by atoms with E-state index < -0.39 is 6.10 Å². The zero-order valence-electron chi connectivity index (χ0n) is 8.70. The molecule has 0 spiro atoms. The summed E-state index contributed by atoms with van der Waals surface area (Å²) < 4.78 is 0. The Hall–Kier alpha value is -1.06. The highest BCUT2D eigenvalue weighted by Crippen LogP contribution is 2.18. The van der Waals surface area contributed by atoms with E-state index in [1.54, 1.807) is 6.07 Å². The lowest BCUT2D eigenvalue weighted by Crippen LogP contribution is -2.28. The minimum Gasteiger partial charge on any atom is -0.398 e. The van der Waals surface area contributed by atoms with E-state index in [-0.39, 0.29) is 0 Å². The lowest BCUT2D eigenvalue weighted by molar-refractivity contribution is 0.172. The Morgan fingerprint density at radius 2 is 2.00 bits per heavy atom. The van der Waals surface area contributed by atoms with Crippen LogP contribution in [0.4, 0.5) is 5.69 Å². The first-order chi connectivity index (χ1) is 6.61. The molecule has 4 N–H and O–H groups in total. The third-order valence-corrected chi connectivity index (χ3v) is 2.07. The lowest BCUT2D eigenvalue weighted by atomic mass is 10.1. The molecule has 0 saturated carbocycles. The second-order valence-corrected chi connectivity index (χ2v) is 3.71. The average Bonchev–Trinajstić information content (AvgIpc) is 2.15. The molecule has 3 heteroatoms. The minimum atomic E-state index is -0.529. The second kappa shape index (κ2) is 4.98. The molecule has 3 nitrogen and oxygen atoms in total. The van der Waals surface area contributed by atoms with Crippen LogP contribution in [0.1, 0.15) is 25.5 Å². The molecule has 0 aliphatic carbocycles. The van der Waals surface area contributed by atoms with Crippen LogP contribution in [0.5, 0.6) is 0 Å². The van der Waals surface area contributed by atoms with Gasteiger partial charge in [0.05, 0.1) is 6.10 Å². The van der Waals surface area contributed by atoms with Gasteiger partial charge in [-0.1, -0.05) is 32.0 Å². The molecule has 14 heavy (non-hydrogen) atoms. The van der Waals surface area contributed by atoms with Crippen LogP contribution in [-0.4, -0.2) is 17.7 Å². The molecular weight excluding hydrogens is 176 g/mol. The highest BCUT2D eigenvalue weighted by atomic mass is 16.3. The monoisotopic (exact) mass is 194 g/mol. The van der Waals surface area contributed by atoms with Crippen molar-refractivity contribution < 1.29 is 5.11 Å². The molecule has 1 aromatic rings. The van der Waals surface area contributed by atoms with Crippen LogP contribution in [0, 0.1) is 0 Å². The molecule has 0 saturated heterocycles. The normalized spacial score (nSPS) is 13.1. The zero-order valence-corrected chi connectivity index (χ0v) is 8.70. The van der Waals surface area contributed by atoms with Crippen LogP contribution in [0.25, 0.3) is 0 Å². The van der Waals surface area contributed by atoms with Crippen LogP contribution in [-0.2, 0) is 0 Å². The summed E-state index contributed by atoms with van der Waals surface area (Å²) in [4.78, 5) is 0. The number of hydrogen-bond donors (Lipinski definition) is 3. The molecule has 0 aliphatic heterocycles. The predicted molar refractivity (Wildman–Crippen MR) is 59.0 cm³/mol. The van der Waals surface area contributed by atoms with E-state index in [2.05, 4.69) is 5.32 Å². The second-order valence-electron chi connectivity index (χ2n) is 3.71. The number of nitrogens with one attached hydrogen (secondary N) is 1. The molecule has 0 fully saturated rings. The fourth-order valence-corrected chi connectivity index (χ4v) is 1.27. The maximum atomic E-state index is 9.81. The molecule has 1 rings (SSSR count). The number of para-hydroxylation sites is 1. The third-order valence-electron chi connectivity index (χ3n) is 2.07. The molecule has 0 heterocycles. The van der Waals surface area contributed by atoms with E-state index in [4.69, 9.17) is 5.73 Å². The number of benzene rings is 1. The molecule has 0 bridgehead atoms. The minimum absolute atomic E-state index is 0.370. The summed E-state index contributed by atoms with van der Waals surface area (Å²) in [5.74, 6) is 0. The van der Waals surface area contributed by atoms with Crippen molar-refractivity contribution in [1.29, 1.82) is 0 Å². The summed E-state index contributed by atoms with van der Waals surface area (Å²) in [7, 11) is 0.